The van der Waals surface area contributed by atoms with Crippen LogP contribution in [0.4, 0.5) is 0 Å². The summed E-state index contributed by atoms with van der Waals surface area (Å²) in [7, 11) is 1.38. The number of hydrogen-bond acceptors (Lipinski definition) is 6. The van der Waals surface area contributed by atoms with Crippen molar-refractivity contribution in [3.8, 4) is 11.5 Å². The van der Waals surface area contributed by atoms with Crippen molar-refractivity contribution in [2.45, 2.75) is 25.0 Å². The largest absolute Gasteiger partial charge is 0.296 e. The lowest BCUT2D eigenvalue weighted by Crippen LogP contribution is -2.08. The van der Waals surface area contributed by atoms with Crippen LogP contribution in [0.25, 0.3) is 11.5 Å². The van der Waals surface area contributed by atoms with Crippen molar-refractivity contribution in [1.82, 2.24) is 24.7 Å². The van der Waals surface area contributed by atoms with Crippen LogP contribution < -0.4 is 0 Å². The second-order valence-electron chi connectivity index (χ2n) is 3.49. The topological polar surface area (TPSA) is 90.6 Å². The van der Waals surface area contributed by atoms with E-state index in [0.29, 0.717) is 24.5 Å². The zero-order chi connectivity index (χ0) is 13.2. The number of rotatable bonds is 4. The Balaban J connectivity index is 2.60. The molecule has 18 heavy (non-hydrogen) atoms. The van der Waals surface area contributed by atoms with Gasteiger partial charge in [0.15, 0.2) is 5.82 Å². The summed E-state index contributed by atoms with van der Waals surface area (Å²) < 4.78 is 24.2. The zero-order valence-electron chi connectivity index (χ0n) is 9.49. The summed E-state index contributed by atoms with van der Waals surface area (Å²) in [6.07, 6.45) is 5.21. The molecule has 0 fully saturated rings. The molecule has 0 aliphatic heterocycles. The molecule has 0 bridgehead atoms. The van der Waals surface area contributed by atoms with Gasteiger partial charge < -0.3 is 0 Å². The molecule has 7 nitrogen and oxygen atoms in total. The lowest BCUT2D eigenvalue weighted by atomic mass is 10.4. The fourth-order valence-electron chi connectivity index (χ4n) is 1.50. The van der Waals surface area contributed by atoms with Crippen molar-refractivity contribution in [2.24, 2.45) is 0 Å². The van der Waals surface area contributed by atoms with Crippen LogP contribution in [0.15, 0.2) is 23.7 Å². The first-order valence-corrected chi connectivity index (χ1v) is 7.49. The highest BCUT2D eigenvalue weighted by atomic mass is 35.7. The summed E-state index contributed by atoms with van der Waals surface area (Å²) in [5, 5.41) is 7.15. The van der Waals surface area contributed by atoms with Gasteiger partial charge in [0.2, 0.25) is 0 Å². The van der Waals surface area contributed by atoms with E-state index in [1.165, 1.54) is 23.2 Å². The maximum atomic E-state index is 11.4. The van der Waals surface area contributed by atoms with Crippen molar-refractivity contribution in [3.63, 3.8) is 0 Å². The standard InChI is InChI=1S/C9H10ClN5O2S/c1-2-5-15-8(7-6-11-3-4-12-7)13-14-9(15)18(10,16)17/h3-4,6H,2,5H2,1H3. The van der Waals surface area contributed by atoms with E-state index in [0.717, 1.165) is 0 Å². The van der Waals surface area contributed by atoms with Crippen LogP contribution in [0.2, 0.25) is 0 Å². The van der Waals surface area contributed by atoms with Crippen molar-refractivity contribution in [3.05, 3.63) is 18.6 Å². The molecule has 2 aromatic heterocycles. The maximum Gasteiger partial charge on any atom is 0.296 e. The van der Waals surface area contributed by atoms with Crippen LogP contribution in [-0.2, 0) is 15.6 Å². The third kappa shape index (κ3) is 2.49. The van der Waals surface area contributed by atoms with Crippen LogP contribution in [0.3, 0.4) is 0 Å². The fraction of sp³-hybridized carbons (Fsp3) is 0.333. The van der Waals surface area contributed by atoms with Gasteiger partial charge in [0.25, 0.3) is 14.2 Å². The summed E-state index contributed by atoms with van der Waals surface area (Å²) in [5.41, 5.74) is 0.449. The number of aromatic nitrogens is 5. The van der Waals surface area contributed by atoms with Crippen molar-refractivity contribution >= 4 is 19.7 Å². The van der Waals surface area contributed by atoms with Gasteiger partial charge in [0, 0.05) is 29.6 Å². The molecule has 0 radical (unpaired) electrons. The fourth-order valence-corrected chi connectivity index (χ4v) is 2.42. The predicted octanol–water partition coefficient (Wildman–Crippen LogP) is 1.07. The van der Waals surface area contributed by atoms with E-state index >= 15 is 0 Å². The van der Waals surface area contributed by atoms with Crippen LogP contribution in [-0.4, -0.2) is 33.2 Å². The molecule has 0 aliphatic rings. The van der Waals surface area contributed by atoms with E-state index in [9.17, 15) is 8.42 Å². The highest BCUT2D eigenvalue weighted by molar-refractivity contribution is 8.13. The van der Waals surface area contributed by atoms with E-state index in [1.54, 1.807) is 0 Å². The van der Waals surface area contributed by atoms with Gasteiger partial charge in [-0.3, -0.25) is 9.55 Å². The summed E-state index contributed by atoms with van der Waals surface area (Å²) in [5.74, 6) is 0.337. The lowest BCUT2D eigenvalue weighted by Gasteiger charge is -2.05. The van der Waals surface area contributed by atoms with Gasteiger partial charge in [0.1, 0.15) is 5.69 Å². The molecule has 2 heterocycles. The van der Waals surface area contributed by atoms with E-state index < -0.39 is 9.05 Å². The van der Waals surface area contributed by atoms with Crippen LogP contribution in [0.1, 0.15) is 13.3 Å². The molecule has 96 valence electrons. The van der Waals surface area contributed by atoms with Crippen LogP contribution in [0, 0.1) is 0 Å². The molecule has 0 atom stereocenters. The van der Waals surface area contributed by atoms with Crippen molar-refractivity contribution in [1.29, 1.82) is 0 Å². The lowest BCUT2D eigenvalue weighted by molar-refractivity contribution is 0.569. The molecule has 0 amide bonds. The minimum atomic E-state index is -3.93. The van der Waals surface area contributed by atoms with Gasteiger partial charge in [-0.2, -0.15) is 0 Å². The summed E-state index contributed by atoms with van der Waals surface area (Å²) in [4.78, 5) is 7.97. The Labute approximate surface area is 108 Å². The van der Waals surface area contributed by atoms with Gasteiger partial charge >= 0.3 is 0 Å². The molecule has 2 aromatic rings. The first kappa shape index (κ1) is 12.9. The second kappa shape index (κ2) is 4.99. The van der Waals surface area contributed by atoms with Crippen molar-refractivity contribution in [2.75, 3.05) is 0 Å². The number of hydrogen-bond donors (Lipinski definition) is 0. The zero-order valence-corrected chi connectivity index (χ0v) is 11.1. The maximum absolute atomic E-state index is 11.4. The SMILES string of the molecule is CCCn1c(-c2cnccn2)nnc1S(=O)(=O)Cl. The van der Waals surface area contributed by atoms with Crippen molar-refractivity contribution < 1.29 is 8.42 Å². The molecule has 0 saturated carbocycles. The Bertz CT molecular complexity index is 640. The third-order valence-electron chi connectivity index (χ3n) is 2.17. The Kier molecular flexibility index (Phi) is 3.58. The highest BCUT2D eigenvalue weighted by Crippen LogP contribution is 2.20. The average molecular weight is 288 g/mol. The second-order valence-corrected chi connectivity index (χ2v) is 5.95. The van der Waals surface area contributed by atoms with Crippen LogP contribution in [0.5, 0.6) is 0 Å². The van der Waals surface area contributed by atoms with Crippen LogP contribution >= 0.6 is 10.7 Å². The van der Waals surface area contributed by atoms with Gasteiger partial charge in [0.05, 0.1) is 6.20 Å². The quantitative estimate of drug-likeness (QED) is 0.781. The normalized spacial score (nSPS) is 11.7. The smallest absolute Gasteiger partial charge is 0.295 e. The third-order valence-corrected chi connectivity index (χ3v) is 3.33. The summed E-state index contributed by atoms with van der Waals surface area (Å²) in [6.45, 7) is 2.34. The molecule has 0 saturated heterocycles. The van der Waals surface area contributed by atoms with E-state index in [4.69, 9.17) is 10.7 Å². The highest BCUT2D eigenvalue weighted by Gasteiger charge is 2.23. The van der Waals surface area contributed by atoms with E-state index in [2.05, 4.69) is 20.2 Å². The minimum Gasteiger partial charge on any atom is -0.295 e. The molecule has 0 spiro atoms. The van der Waals surface area contributed by atoms with Gasteiger partial charge in [-0.1, -0.05) is 6.92 Å². The molecular formula is C9H10ClN5O2S. The molecular weight excluding hydrogens is 278 g/mol. The molecule has 0 aromatic carbocycles. The molecule has 0 unspecified atom stereocenters. The first-order valence-electron chi connectivity index (χ1n) is 5.18. The Morgan fingerprint density at radius 3 is 2.67 bits per heavy atom. The number of nitrogens with zero attached hydrogens (tertiary/aromatic N) is 5. The van der Waals surface area contributed by atoms with E-state index in [-0.39, 0.29) is 5.16 Å². The van der Waals surface area contributed by atoms with E-state index in [1.807, 2.05) is 6.92 Å². The van der Waals surface area contributed by atoms with Gasteiger partial charge in [-0.05, 0) is 6.42 Å². The number of halogens is 1. The Morgan fingerprint density at radius 2 is 2.11 bits per heavy atom. The predicted molar refractivity (Wildman–Crippen MR) is 64.4 cm³/mol. The first-order chi connectivity index (χ1) is 8.54. The molecule has 9 heteroatoms. The Morgan fingerprint density at radius 1 is 1.33 bits per heavy atom. The average Bonchev–Trinajstić information content (AvgIpc) is 2.74. The minimum absolute atomic E-state index is 0.272. The summed E-state index contributed by atoms with van der Waals surface area (Å²) in [6, 6.07) is 0. The monoisotopic (exact) mass is 287 g/mol. The molecule has 0 aliphatic carbocycles. The molecule has 2 rings (SSSR count). The molecule has 0 N–H and O–H groups in total. The van der Waals surface area contributed by atoms with Gasteiger partial charge in [-0.15, -0.1) is 10.2 Å². The summed E-state index contributed by atoms with van der Waals surface area (Å²) >= 11 is 0. The van der Waals surface area contributed by atoms with Gasteiger partial charge in [-0.25, -0.2) is 13.4 Å². The Hall–Kier alpha value is -1.54.